The van der Waals surface area contributed by atoms with Crippen molar-refractivity contribution < 1.29 is 22.3 Å². The number of para-hydroxylation sites is 1. The van der Waals surface area contributed by atoms with Crippen molar-refractivity contribution in [2.45, 2.75) is 32.1 Å². The van der Waals surface area contributed by atoms with Crippen molar-refractivity contribution >= 4 is 10.9 Å². The second kappa shape index (κ2) is 9.43. The molecule has 0 radical (unpaired) electrons. The van der Waals surface area contributed by atoms with Gasteiger partial charge in [0.15, 0.2) is 11.6 Å². The van der Waals surface area contributed by atoms with E-state index >= 15 is 0 Å². The van der Waals surface area contributed by atoms with Gasteiger partial charge in [-0.2, -0.15) is 13.2 Å². The summed E-state index contributed by atoms with van der Waals surface area (Å²) in [4.78, 5) is 4.79. The lowest BCUT2D eigenvalue weighted by molar-refractivity contribution is -0.137. The van der Waals surface area contributed by atoms with E-state index in [0.717, 1.165) is 39.9 Å². The maximum absolute atomic E-state index is 13.8. The summed E-state index contributed by atoms with van der Waals surface area (Å²) in [6, 6.07) is 19.0. The van der Waals surface area contributed by atoms with Crippen LogP contribution in [0.15, 0.2) is 72.8 Å². The second-order valence-corrected chi connectivity index (χ2v) is 8.19. The van der Waals surface area contributed by atoms with Crippen molar-refractivity contribution in [3.05, 3.63) is 95.4 Å². The minimum absolute atomic E-state index is 0.132. The van der Waals surface area contributed by atoms with Crippen molar-refractivity contribution in [3.8, 4) is 16.9 Å². The van der Waals surface area contributed by atoms with Crippen LogP contribution in [0.5, 0.6) is 5.75 Å². The Morgan fingerprint density at radius 1 is 0.882 bits per heavy atom. The molecule has 3 nitrogen and oxygen atoms in total. The summed E-state index contributed by atoms with van der Waals surface area (Å²) in [7, 11) is 1.42. The lowest BCUT2D eigenvalue weighted by Gasteiger charge is -2.22. The molecule has 1 N–H and O–H groups in total. The van der Waals surface area contributed by atoms with Gasteiger partial charge in [-0.25, -0.2) is 4.39 Å². The third-order valence-corrected chi connectivity index (χ3v) is 5.88. The Morgan fingerprint density at radius 2 is 1.59 bits per heavy atom. The second-order valence-electron chi connectivity index (χ2n) is 8.19. The number of hydrogen-bond acceptors (Lipinski definition) is 3. The summed E-state index contributed by atoms with van der Waals surface area (Å²) in [5, 5.41) is 4.32. The lowest BCUT2D eigenvalue weighted by Crippen LogP contribution is -2.23. The molecule has 0 saturated heterocycles. The van der Waals surface area contributed by atoms with E-state index in [4.69, 9.17) is 9.72 Å². The Morgan fingerprint density at radius 3 is 2.26 bits per heavy atom. The van der Waals surface area contributed by atoms with Crippen molar-refractivity contribution in [1.29, 1.82) is 0 Å². The number of ether oxygens (including phenoxy) is 1. The van der Waals surface area contributed by atoms with E-state index in [0.29, 0.717) is 5.56 Å². The van der Waals surface area contributed by atoms with Gasteiger partial charge in [0.25, 0.3) is 0 Å². The Balaban J connectivity index is 1.68. The van der Waals surface area contributed by atoms with Crippen LogP contribution in [0.2, 0.25) is 0 Å². The van der Waals surface area contributed by atoms with Gasteiger partial charge in [-0.1, -0.05) is 36.4 Å². The number of hydrogen-bond donors (Lipinski definition) is 1. The average molecular weight is 468 g/mol. The quantitative estimate of drug-likeness (QED) is 0.298. The van der Waals surface area contributed by atoms with Crippen molar-refractivity contribution in [2.24, 2.45) is 0 Å². The molecule has 3 aromatic carbocycles. The summed E-state index contributed by atoms with van der Waals surface area (Å²) < 4.78 is 58.0. The molecule has 176 valence electrons. The highest BCUT2D eigenvalue weighted by atomic mass is 19.4. The van der Waals surface area contributed by atoms with Crippen LogP contribution in [-0.2, 0) is 6.18 Å². The van der Waals surface area contributed by atoms with E-state index in [2.05, 4.69) is 5.32 Å². The van der Waals surface area contributed by atoms with Crippen molar-refractivity contribution in [3.63, 3.8) is 0 Å². The first-order valence-corrected chi connectivity index (χ1v) is 10.8. The third-order valence-electron chi connectivity index (χ3n) is 5.88. The normalized spacial score (nSPS) is 13.6. The van der Waals surface area contributed by atoms with Gasteiger partial charge in [-0.3, -0.25) is 4.98 Å². The number of methoxy groups -OCH3 is 1. The van der Waals surface area contributed by atoms with Gasteiger partial charge in [0.05, 0.1) is 23.9 Å². The highest BCUT2D eigenvalue weighted by molar-refractivity contribution is 5.94. The van der Waals surface area contributed by atoms with Crippen LogP contribution in [0.4, 0.5) is 17.6 Å². The molecule has 7 heteroatoms. The minimum Gasteiger partial charge on any atom is -0.494 e. The highest BCUT2D eigenvalue weighted by Gasteiger charge is 2.30. The van der Waals surface area contributed by atoms with Crippen LogP contribution in [0, 0.1) is 5.82 Å². The summed E-state index contributed by atoms with van der Waals surface area (Å²) in [6.07, 6.45) is -4.39. The Kier molecular flexibility index (Phi) is 6.57. The molecule has 4 rings (SSSR count). The maximum atomic E-state index is 13.8. The summed E-state index contributed by atoms with van der Waals surface area (Å²) >= 11 is 0. The number of fused-ring (bicyclic) bond motifs is 1. The van der Waals surface area contributed by atoms with Crippen LogP contribution < -0.4 is 10.1 Å². The van der Waals surface area contributed by atoms with Gasteiger partial charge in [0.2, 0.25) is 0 Å². The van der Waals surface area contributed by atoms with Gasteiger partial charge in [-0.05, 0) is 66.9 Å². The van der Waals surface area contributed by atoms with Crippen LogP contribution in [0.25, 0.3) is 22.0 Å². The predicted octanol–water partition coefficient (Wildman–Crippen LogP) is 7.48. The summed E-state index contributed by atoms with van der Waals surface area (Å²) in [5.74, 6) is -0.254. The summed E-state index contributed by atoms with van der Waals surface area (Å²) in [5.41, 5.74) is 3.15. The first-order chi connectivity index (χ1) is 16.2. The molecular formula is C27H24F4N2O. The van der Waals surface area contributed by atoms with E-state index in [-0.39, 0.29) is 17.8 Å². The predicted molar refractivity (Wildman–Crippen MR) is 125 cm³/mol. The van der Waals surface area contributed by atoms with Crippen molar-refractivity contribution in [1.82, 2.24) is 10.3 Å². The van der Waals surface area contributed by atoms with Crippen LogP contribution in [0.1, 0.15) is 42.8 Å². The van der Waals surface area contributed by atoms with Crippen LogP contribution in [0.3, 0.4) is 0 Å². The molecule has 1 aromatic heterocycles. The molecule has 0 fully saturated rings. The van der Waals surface area contributed by atoms with Crippen LogP contribution in [-0.4, -0.2) is 12.1 Å². The number of nitrogens with one attached hydrogen (secondary N) is 1. The zero-order chi connectivity index (χ0) is 24.5. The number of pyridine rings is 1. The van der Waals surface area contributed by atoms with E-state index in [9.17, 15) is 17.6 Å². The van der Waals surface area contributed by atoms with Crippen LogP contribution >= 0.6 is 0 Å². The largest absolute Gasteiger partial charge is 0.494 e. The molecule has 1 unspecified atom stereocenters. The standard InChI is InChI=1S/C27H24F4N2O/c1-16(19-10-13-23(28)26(14-19)34-3)32-17(2)25-15-22(21-6-4-5-7-24(21)33-25)18-8-11-20(12-9-18)27(29,30)31/h4-17,32H,1-3H3/t16-,17?/m1/s1. The number of halogens is 4. The monoisotopic (exact) mass is 468 g/mol. The number of benzene rings is 3. The molecule has 0 spiro atoms. The molecule has 4 aromatic rings. The van der Waals surface area contributed by atoms with Crippen molar-refractivity contribution in [2.75, 3.05) is 7.11 Å². The molecular weight excluding hydrogens is 444 g/mol. The van der Waals surface area contributed by atoms with E-state index in [1.54, 1.807) is 12.1 Å². The molecule has 0 aliphatic heterocycles. The maximum Gasteiger partial charge on any atom is 0.416 e. The Labute approximate surface area is 195 Å². The highest BCUT2D eigenvalue weighted by Crippen LogP contribution is 2.34. The molecule has 0 aliphatic carbocycles. The first kappa shape index (κ1) is 23.7. The zero-order valence-corrected chi connectivity index (χ0v) is 19.0. The molecule has 2 atom stereocenters. The Bertz CT molecular complexity index is 1300. The third kappa shape index (κ3) is 4.89. The molecule has 0 saturated carbocycles. The average Bonchev–Trinajstić information content (AvgIpc) is 2.83. The molecule has 1 heterocycles. The zero-order valence-electron chi connectivity index (χ0n) is 19.0. The van der Waals surface area contributed by atoms with Gasteiger partial charge in [-0.15, -0.1) is 0 Å². The topological polar surface area (TPSA) is 34.1 Å². The van der Waals surface area contributed by atoms with E-state index in [1.807, 2.05) is 44.2 Å². The van der Waals surface area contributed by atoms with Gasteiger partial charge >= 0.3 is 6.18 Å². The van der Waals surface area contributed by atoms with E-state index in [1.165, 1.54) is 25.3 Å². The first-order valence-electron chi connectivity index (χ1n) is 10.8. The van der Waals surface area contributed by atoms with Gasteiger partial charge in [0, 0.05) is 17.5 Å². The number of alkyl halides is 3. The summed E-state index contributed by atoms with van der Waals surface area (Å²) in [6.45, 7) is 3.92. The lowest BCUT2D eigenvalue weighted by atomic mass is 9.97. The Hall–Kier alpha value is -3.45. The van der Waals surface area contributed by atoms with Gasteiger partial charge in [0.1, 0.15) is 0 Å². The SMILES string of the molecule is COc1cc([C@@H](C)NC(C)c2cc(-c3ccc(C(F)(F)F)cc3)c3ccccc3n2)ccc1F. The molecule has 0 aliphatic rings. The fraction of sp³-hybridized carbons (Fsp3) is 0.222. The fourth-order valence-corrected chi connectivity index (χ4v) is 4.00. The molecule has 0 bridgehead atoms. The number of nitrogens with zero attached hydrogens (tertiary/aromatic N) is 1. The fourth-order valence-electron chi connectivity index (χ4n) is 4.00. The molecule has 34 heavy (non-hydrogen) atoms. The van der Waals surface area contributed by atoms with E-state index < -0.39 is 17.6 Å². The smallest absolute Gasteiger partial charge is 0.416 e. The number of aromatic nitrogens is 1. The van der Waals surface area contributed by atoms with Gasteiger partial charge < -0.3 is 10.1 Å². The minimum atomic E-state index is -4.39. The molecule has 0 amide bonds. The number of rotatable bonds is 6.